The molecule has 2 N–H and O–H groups in total. The number of anilines is 1. The molecule has 27 heavy (non-hydrogen) atoms. The van der Waals surface area contributed by atoms with Crippen LogP contribution in [0, 0.1) is 0 Å². The molecule has 0 spiro atoms. The molecule has 1 aliphatic rings. The lowest BCUT2D eigenvalue weighted by Crippen LogP contribution is -2.40. The van der Waals surface area contributed by atoms with Gasteiger partial charge in [0, 0.05) is 31.2 Å². The lowest BCUT2D eigenvalue weighted by Gasteiger charge is -2.26. The number of hydrogen-bond donors (Lipinski definition) is 1. The third kappa shape index (κ3) is 4.78. The van der Waals surface area contributed by atoms with Crippen LogP contribution in [0.4, 0.5) is 5.82 Å². The first-order valence-corrected chi connectivity index (χ1v) is 9.96. The highest BCUT2D eigenvalue weighted by atomic mass is 16.8. The van der Waals surface area contributed by atoms with Gasteiger partial charge in [0.05, 0.1) is 5.69 Å². The van der Waals surface area contributed by atoms with Crippen LogP contribution in [-0.4, -0.2) is 57.4 Å². The van der Waals surface area contributed by atoms with E-state index in [2.05, 4.69) is 54.8 Å². The molecule has 2 aromatic heterocycles. The predicted molar refractivity (Wildman–Crippen MR) is 112 cm³/mol. The molecule has 150 valence electrons. The number of nitrogens with zero attached hydrogens (tertiary/aromatic N) is 5. The molecule has 1 aliphatic carbocycles. The van der Waals surface area contributed by atoms with Crippen LogP contribution in [0.15, 0.2) is 12.4 Å². The number of nitrogen functional groups attached to an aromatic ring is 1. The van der Waals surface area contributed by atoms with Crippen LogP contribution in [0.3, 0.4) is 0 Å². The number of aromatic nitrogens is 3. The Morgan fingerprint density at radius 1 is 1.30 bits per heavy atom. The van der Waals surface area contributed by atoms with Gasteiger partial charge >= 0.3 is 0 Å². The van der Waals surface area contributed by atoms with Crippen molar-refractivity contribution in [3.8, 4) is 0 Å². The van der Waals surface area contributed by atoms with Crippen molar-refractivity contribution >= 4 is 22.9 Å². The Bertz CT molecular complexity index is 767. The number of nitrogens with two attached hydrogens (primary N) is 1. The number of allylic oxidation sites excluding steroid dienone is 1. The number of hydrogen-bond acceptors (Lipinski definition) is 6. The number of imidazole rings is 1. The van der Waals surface area contributed by atoms with E-state index in [1.54, 1.807) is 11.1 Å². The minimum atomic E-state index is 0.467. The van der Waals surface area contributed by atoms with Gasteiger partial charge in [-0.2, -0.15) is 0 Å². The summed E-state index contributed by atoms with van der Waals surface area (Å²) >= 11 is 0. The van der Waals surface area contributed by atoms with Crippen LogP contribution in [-0.2, 0) is 6.42 Å². The maximum atomic E-state index is 6.11. The maximum Gasteiger partial charge on any atom is 0.152 e. The molecule has 0 saturated carbocycles. The third-order valence-corrected chi connectivity index (χ3v) is 4.77. The molecule has 2 aromatic rings. The Morgan fingerprint density at radius 2 is 2.04 bits per heavy atom. The summed E-state index contributed by atoms with van der Waals surface area (Å²) in [4.78, 5) is 17.3. The normalized spacial score (nSPS) is 13.2. The smallest absolute Gasteiger partial charge is 0.152 e. The second kappa shape index (κ2) is 9.71. The molecule has 0 aliphatic heterocycles. The molecule has 0 saturated heterocycles. The second-order valence-electron chi connectivity index (χ2n) is 6.74. The van der Waals surface area contributed by atoms with E-state index in [1.807, 2.05) is 18.9 Å². The number of likely N-dealkylation sites (N-methyl/N-ethyl adjacent to an activating group) is 2. The molecule has 0 unspecified atom stereocenters. The van der Waals surface area contributed by atoms with Gasteiger partial charge in [0.2, 0.25) is 0 Å². The van der Waals surface area contributed by atoms with E-state index < -0.39 is 0 Å². The van der Waals surface area contributed by atoms with Gasteiger partial charge in [0.1, 0.15) is 17.4 Å². The van der Waals surface area contributed by atoms with Crippen molar-refractivity contribution in [1.82, 2.24) is 24.7 Å². The second-order valence-corrected chi connectivity index (χ2v) is 6.74. The van der Waals surface area contributed by atoms with E-state index in [9.17, 15) is 0 Å². The summed E-state index contributed by atoms with van der Waals surface area (Å²) in [5.41, 5.74) is 9.77. The molecule has 3 rings (SSSR count). The van der Waals surface area contributed by atoms with Crippen molar-refractivity contribution in [2.24, 2.45) is 0 Å². The van der Waals surface area contributed by atoms with E-state index in [-0.39, 0.29) is 0 Å². The first kappa shape index (κ1) is 21.2. The number of fused-ring (bicyclic) bond motifs is 3. The standard InChI is InChI=1S/C18H28N6O.C2H6/c1-5-23(11-10-22(4)13(2)3)25-24-12-20-16-17(24)14-8-6-7-9-15(14)21-18(16)19;1-2/h6,8,12-13H,5,7,9-11H2,1-4H3,(H2,19,21);1-2H3. The van der Waals surface area contributed by atoms with Crippen LogP contribution < -0.4 is 10.7 Å². The van der Waals surface area contributed by atoms with Gasteiger partial charge in [0.25, 0.3) is 0 Å². The van der Waals surface area contributed by atoms with Gasteiger partial charge in [-0.15, -0.1) is 9.79 Å². The number of pyridine rings is 1. The van der Waals surface area contributed by atoms with Crippen LogP contribution in [0.2, 0.25) is 0 Å². The van der Waals surface area contributed by atoms with Crippen LogP contribution in [0.5, 0.6) is 0 Å². The lowest BCUT2D eigenvalue weighted by molar-refractivity contribution is -0.157. The van der Waals surface area contributed by atoms with Gasteiger partial charge in [0.15, 0.2) is 5.82 Å². The topological polar surface area (TPSA) is 72.4 Å². The zero-order valence-corrected chi connectivity index (χ0v) is 17.6. The minimum Gasteiger partial charge on any atom is -0.382 e. The summed E-state index contributed by atoms with van der Waals surface area (Å²) in [6, 6.07) is 0.510. The SMILES string of the molecule is CC.CCN(CCN(C)C(C)C)On1cnc2c(N)nc3c(c21)C=CCC3. The minimum absolute atomic E-state index is 0.467. The van der Waals surface area contributed by atoms with Crippen LogP contribution >= 0.6 is 0 Å². The summed E-state index contributed by atoms with van der Waals surface area (Å²) < 4.78 is 1.72. The summed E-state index contributed by atoms with van der Waals surface area (Å²) in [6.45, 7) is 13.0. The highest BCUT2D eigenvalue weighted by Gasteiger charge is 2.19. The van der Waals surface area contributed by atoms with Gasteiger partial charge in [-0.1, -0.05) is 26.0 Å². The molecule has 7 nitrogen and oxygen atoms in total. The molecule has 7 heteroatoms. The Morgan fingerprint density at radius 3 is 2.70 bits per heavy atom. The van der Waals surface area contributed by atoms with E-state index in [0.717, 1.165) is 49.2 Å². The van der Waals surface area contributed by atoms with Gasteiger partial charge in [-0.3, -0.25) is 0 Å². The van der Waals surface area contributed by atoms with Crippen molar-refractivity contribution in [3.63, 3.8) is 0 Å². The lowest BCUT2D eigenvalue weighted by atomic mass is 10.0. The van der Waals surface area contributed by atoms with Crippen LogP contribution in [0.25, 0.3) is 17.1 Å². The van der Waals surface area contributed by atoms with E-state index in [4.69, 9.17) is 10.7 Å². The van der Waals surface area contributed by atoms with Crippen molar-refractivity contribution in [2.45, 2.75) is 53.5 Å². The summed E-state index contributed by atoms with van der Waals surface area (Å²) in [6.07, 6.45) is 7.82. The van der Waals surface area contributed by atoms with Gasteiger partial charge in [-0.05, 0) is 40.7 Å². The largest absolute Gasteiger partial charge is 0.382 e. The molecular weight excluding hydrogens is 340 g/mol. The zero-order valence-electron chi connectivity index (χ0n) is 17.6. The average molecular weight is 375 g/mol. The average Bonchev–Trinajstić information content (AvgIpc) is 3.11. The fourth-order valence-electron chi connectivity index (χ4n) is 2.92. The van der Waals surface area contributed by atoms with Crippen molar-refractivity contribution in [2.75, 3.05) is 32.4 Å². The zero-order chi connectivity index (χ0) is 20.0. The predicted octanol–water partition coefficient (Wildman–Crippen LogP) is 3.00. The monoisotopic (exact) mass is 374 g/mol. The molecule has 0 bridgehead atoms. The number of rotatable bonds is 7. The first-order valence-electron chi connectivity index (χ1n) is 9.96. The quantitative estimate of drug-likeness (QED) is 0.751. The van der Waals surface area contributed by atoms with Crippen LogP contribution in [0.1, 0.15) is 52.3 Å². The van der Waals surface area contributed by atoms with E-state index >= 15 is 0 Å². The molecule has 2 heterocycles. The summed E-state index contributed by atoms with van der Waals surface area (Å²) in [7, 11) is 2.12. The maximum absolute atomic E-state index is 6.11. The Labute approximate surface area is 162 Å². The van der Waals surface area contributed by atoms with E-state index in [1.165, 1.54) is 0 Å². The van der Waals surface area contributed by atoms with Gasteiger partial charge in [-0.25, -0.2) is 9.97 Å². The fourth-order valence-corrected chi connectivity index (χ4v) is 2.92. The molecule has 0 fully saturated rings. The molecule has 0 amide bonds. The van der Waals surface area contributed by atoms with Crippen molar-refractivity contribution in [3.05, 3.63) is 23.7 Å². The molecule has 0 aromatic carbocycles. The Kier molecular flexibility index (Phi) is 7.62. The summed E-state index contributed by atoms with van der Waals surface area (Å²) in [5, 5.41) is 1.94. The Hall–Kier alpha value is -2.12. The summed E-state index contributed by atoms with van der Waals surface area (Å²) in [5.74, 6) is 0.467. The third-order valence-electron chi connectivity index (χ3n) is 4.77. The highest BCUT2D eigenvalue weighted by Crippen LogP contribution is 2.28. The number of aryl methyl sites for hydroxylation is 1. The highest BCUT2D eigenvalue weighted by molar-refractivity contribution is 5.92. The van der Waals surface area contributed by atoms with E-state index in [0.29, 0.717) is 17.4 Å². The number of hydroxylamine groups is 2. The molecule has 0 atom stereocenters. The first-order chi connectivity index (χ1) is 13.0. The van der Waals surface area contributed by atoms with Gasteiger partial charge < -0.3 is 15.6 Å². The molecular formula is C20H34N6O. The molecule has 0 radical (unpaired) electrons. The van der Waals surface area contributed by atoms with Crippen molar-refractivity contribution in [1.29, 1.82) is 0 Å². The Balaban J connectivity index is 0.00000126. The van der Waals surface area contributed by atoms with Crippen molar-refractivity contribution < 1.29 is 4.94 Å². The fraction of sp³-hybridized carbons (Fsp3) is 0.600.